The molecule has 0 bridgehead atoms. The predicted molar refractivity (Wildman–Crippen MR) is 96.5 cm³/mol. The number of methoxy groups -OCH3 is 1. The lowest BCUT2D eigenvalue weighted by Gasteiger charge is -2.09. The van der Waals surface area contributed by atoms with E-state index in [1.807, 2.05) is 6.92 Å². The molecule has 0 aliphatic carbocycles. The lowest BCUT2D eigenvalue weighted by atomic mass is 10.1. The van der Waals surface area contributed by atoms with Crippen LogP contribution in [0.2, 0.25) is 0 Å². The third-order valence-corrected chi connectivity index (χ3v) is 3.40. The second-order valence-electron chi connectivity index (χ2n) is 5.15. The summed E-state index contributed by atoms with van der Waals surface area (Å²) in [6.45, 7) is 2.31. The number of nitriles is 1. The highest BCUT2D eigenvalue weighted by molar-refractivity contribution is 5.99. The van der Waals surface area contributed by atoms with Gasteiger partial charge in [-0.2, -0.15) is 5.26 Å². The monoisotopic (exact) mass is 368 g/mol. The van der Waals surface area contributed by atoms with Crippen molar-refractivity contribution in [2.45, 2.75) is 6.92 Å². The van der Waals surface area contributed by atoms with Gasteiger partial charge in [0.25, 0.3) is 5.69 Å². The molecule has 27 heavy (non-hydrogen) atoms. The first kappa shape index (κ1) is 19.5. The average molecular weight is 368 g/mol. The first-order valence-corrected chi connectivity index (χ1v) is 7.87. The molecule has 2 rings (SSSR count). The first-order valence-electron chi connectivity index (χ1n) is 7.87. The molecule has 0 saturated carbocycles. The highest BCUT2D eigenvalue weighted by Crippen LogP contribution is 2.29. The molecular formula is C19H16N2O6. The summed E-state index contributed by atoms with van der Waals surface area (Å²) in [5.74, 6) is 0.228. The maximum atomic E-state index is 12.2. The smallest absolute Gasteiger partial charge is 0.354 e. The molecule has 0 saturated heterocycles. The molecule has 0 heterocycles. The van der Waals surface area contributed by atoms with Gasteiger partial charge in [0.2, 0.25) is 0 Å². The van der Waals surface area contributed by atoms with Crippen LogP contribution in [0.3, 0.4) is 0 Å². The van der Waals surface area contributed by atoms with Crippen molar-refractivity contribution in [1.29, 1.82) is 5.26 Å². The standard InChI is InChI=1S/C19H16N2O6/c1-3-26-17-9-4-13(11-18(17)25-2)10-14(12-20)19(22)27-16-7-5-15(6-8-16)21(23)24/h4-11H,3H2,1-2H3/b14-10+. The van der Waals surface area contributed by atoms with E-state index in [2.05, 4.69) is 0 Å². The number of hydrogen-bond donors (Lipinski definition) is 0. The van der Waals surface area contributed by atoms with Gasteiger partial charge in [0.15, 0.2) is 11.5 Å². The van der Waals surface area contributed by atoms with Crippen LogP contribution in [0.15, 0.2) is 48.0 Å². The molecule has 0 radical (unpaired) electrons. The van der Waals surface area contributed by atoms with Gasteiger partial charge in [-0.25, -0.2) is 4.79 Å². The molecule has 0 fully saturated rings. The lowest BCUT2D eigenvalue weighted by Crippen LogP contribution is -2.10. The van der Waals surface area contributed by atoms with Gasteiger partial charge in [-0.05, 0) is 42.8 Å². The van der Waals surface area contributed by atoms with Gasteiger partial charge in [0.05, 0.1) is 18.6 Å². The van der Waals surface area contributed by atoms with Crippen LogP contribution in [0.4, 0.5) is 5.69 Å². The van der Waals surface area contributed by atoms with Gasteiger partial charge in [0, 0.05) is 12.1 Å². The number of hydrogen-bond acceptors (Lipinski definition) is 7. The summed E-state index contributed by atoms with van der Waals surface area (Å²) in [5.41, 5.74) is 0.180. The molecule has 8 heteroatoms. The predicted octanol–water partition coefficient (Wildman–Crippen LogP) is 3.51. The van der Waals surface area contributed by atoms with E-state index < -0.39 is 10.9 Å². The SMILES string of the molecule is CCOc1ccc(/C=C(\C#N)C(=O)Oc2ccc([N+](=O)[O-])cc2)cc1OC. The van der Waals surface area contributed by atoms with Crippen LogP contribution < -0.4 is 14.2 Å². The topological polar surface area (TPSA) is 112 Å². The van der Waals surface area contributed by atoms with E-state index in [0.29, 0.717) is 23.7 Å². The summed E-state index contributed by atoms with van der Waals surface area (Å²) in [5, 5.41) is 19.9. The molecule has 0 aromatic heterocycles. The molecule has 0 amide bonds. The summed E-state index contributed by atoms with van der Waals surface area (Å²) in [6.07, 6.45) is 1.35. The summed E-state index contributed by atoms with van der Waals surface area (Å²) in [4.78, 5) is 22.3. The lowest BCUT2D eigenvalue weighted by molar-refractivity contribution is -0.384. The van der Waals surface area contributed by atoms with Crippen molar-refractivity contribution in [1.82, 2.24) is 0 Å². The molecule has 8 nitrogen and oxygen atoms in total. The summed E-state index contributed by atoms with van der Waals surface area (Å²) >= 11 is 0. The molecule has 138 valence electrons. The van der Waals surface area contributed by atoms with E-state index in [4.69, 9.17) is 14.2 Å². The van der Waals surface area contributed by atoms with E-state index in [-0.39, 0.29) is 17.0 Å². The molecule has 0 aliphatic heterocycles. The highest BCUT2D eigenvalue weighted by Gasteiger charge is 2.14. The molecule has 2 aromatic rings. The molecule has 0 unspecified atom stereocenters. The second-order valence-corrected chi connectivity index (χ2v) is 5.15. The Labute approximate surface area is 155 Å². The van der Waals surface area contributed by atoms with Gasteiger partial charge >= 0.3 is 5.97 Å². The van der Waals surface area contributed by atoms with Crippen molar-refractivity contribution >= 4 is 17.7 Å². The molecule has 0 atom stereocenters. The number of esters is 1. The Morgan fingerprint density at radius 3 is 2.48 bits per heavy atom. The van der Waals surface area contributed by atoms with Crippen LogP contribution in [0.5, 0.6) is 17.2 Å². The van der Waals surface area contributed by atoms with Crippen molar-refractivity contribution in [3.8, 4) is 23.3 Å². The Balaban J connectivity index is 2.21. The minimum atomic E-state index is -0.876. The van der Waals surface area contributed by atoms with Crippen molar-refractivity contribution < 1.29 is 23.9 Å². The Bertz CT molecular complexity index is 913. The molecule has 0 N–H and O–H groups in total. The Morgan fingerprint density at radius 2 is 1.93 bits per heavy atom. The Kier molecular flexibility index (Phi) is 6.49. The zero-order chi connectivity index (χ0) is 19.8. The van der Waals surface area contributed by atoms with E-state index in [0.717, 1.165) is 0 Å². The van der Waals surface area contributed by atoms with Crippen molar-refractivity contribution in [3.05, 3.63) is 63.7 Å². The maximum Gasteiger partial charge on any atom is 0.354 e. The van der Waals surface area contributed by atoms with E-state index in [1.165, 1.54) is 37.5 Å². The summed E-state index contributed by atoms with van der Waals surface area (Å²) in [7, 11) is 1.49. The van der Waals surface area contributed by atoms with Crippen molar-refractivity contribution in [3.63, 3.8) is 0 Å². The van der Waals surface area contributed by atoms with E-state index in [9.17, 15) is 20.2 Å². The van der Waals surface area contributed by atoms with Crippen molar-refractivity contribution in [2.75, 3.05) is 13.7 Å². The number of nitrogens with zero attached hydrogens (tertiary/aromatic N) is 2. The highest BCUT2D eigenvalue weighted by atomic mass is 16.6. The number of nitro groups is 1. The minimum absolute atomic E-state index is 0.0935. The molecular weight excluding hydrogens is 352 g/mol. The Morgan fingerprint density at radius 1 is 1.22 bits per heavy atom. The fourth-order valence-corrected chi connectivity index (χ4v) is 2.15. The third kappa shape index (κ3) is 5.06. The van der Waals surface area contributed by atoms with Crippen LogP contribution in [0.25, 0.3) is 6.08 Å². The number of benzene rings is 2. The fraction of sp³-hybridized carbons (Fsp3) is 0.158. The number of nitro benzene ring substituents is 1. The zero-order valence-corrected chi connectivity index (χ0v) is 14.7. The van der Waals surface area contributed by atoms with Crippen LogP contribution in [0, 0.1) is 21.4 Å². The second kappa shape index (κ2) is 9.01. The summed E-state index contributed by atoms with van der Waals surface area (Å²) in [6, 6.07) is 11.7. The molecule has 0 aliphatic rings. The van der Waals surface area contributed by atoms with Crippen LogP contribution in [-0.2, 0) is 4.79 Å². The fourth-order valence-electron chi connectivity index (χ4n) is 2.15. The van der Waals surface area contributed by atoms with Crippen LogP contribution in [0.1, 0.15) is 12.5 Å². The third-order valence-electron chi connectivity index (χ3n) is 3.40. The van der Waals surface area contributed by atoms with Crippen molar-refractivity contribution in [2.24, 2.45) is 0 Å². The first-order chi connectivity index (χ1) is 13.0. The molecule has 0 spiro atoms. The summed E-state index contributed by atoms with van der Waals surface area (Å²) < 4.78 is 15.7. The van der Waals surface area contributed by atoms with E-state index in [1.54, 1.807) is 24.3 Å². The normalized spacial score (nSPS) is 10.6. The number of carbonyl (C=O) groups is 1. The van der Waals surface area contributed by atoms with E-state index >= 15 is 0 Å². The zero-order valence-electron chi connectivity index (χ0n) is 14.7. The largest absolute Gasteiger partial charge is 0.493 e. The number of ether oxygens (including phenoxy) is 3. The number of non-ortho nitro benzene ring substituents is 1. The number of rotatable bonds is 7. The maximum absolute atomic E-state index is 12.2. The minimum Gasteiger partial charge on any atom is -0.493 e. The average Bonchev–Trinajstić information content (AvgIpc) is 2.67. The molecule has 2 aromatic carbocycles. The van der Waals surface area contributed by atoms with Gasteiger partial charge in [-0.15, -0.1) is 0 Å². The Hall–Kier alpha value is -3.86. The van der Waals surface area contributed by atoms with Gasteiger partial charge in [0.1, 0.15) is 17.4 Å². The quantitative estimate of drug-likeness (QED) is 0.183. The van der Waals surface area contributed by atoms with Gasteiger partial charge < -0.3 is 14.2 Å². The van der Waals surface area contributed by atoms with Gasteiger partial charge in [-0.3, -0.25) is 10.1 Å². The van der Waals surface area contributed by atoms with Gasteiger partial charge in [-0.1, -0.05) is 6.07 Å². The van der Waals surface area contributed by atoms with Crippen LogP contribution in [-0.4, -0.2) is 24.6 Å². The number of carbonyl (C=O) groups excluding carboxylic acids is 1. The van der Waals surface area contributed by atoms with Crippen LogP contribution >= 0.6 is 0 Å².